The van der Waals surface area contributed by atoms with Crippen molar-refractivity contribution in [3.05, 3.63) is 17.3 Å². The average Bonchev–Trinajstić information content (AvgIpc) is 3.11. The van der Waals surface area contributed by atoms with E-state index in [1.165, 1.54) is 19.4 Å². The van der Waals surface area contributed by atoms with Crippen LogP contribution in [0.3, 0.4) is 0 Å². The first-order valence-corrected chi connectivity index (χ1v) is 7.75. The second-order valence-electron chi connectivity index (χ2n) is 6.65. The van der Waals surface area contributed by atoms with Crippen LogP contribution in [0.15, 0.2) is 12.3 Å². The summed E-state index contributed by atoms with van der Waals surface area (Å²) in [5.74, 6) is 0.941. The third-order valence-corrected chi connectivity index (χ3v) is 4.90. The quantitative estimate of drug-likeness (QED) is 0.931. The van der Waals surface area contributed by atoms with Gasteiger partial charge in [-0.3, -0.25) is 4.90 Å². The molecule has 3 rings (SSSR count). The number of pyridine rings is 1. The molecule has 1 aliphatic carbocycles. The minimum absolute atomic E-state index is 0.458. The molecule has 2 N–H and O–H groups in total. The highest BCUT2D eigenvalue weighted by Crippen LogP contribution is 2.45. The Morgan fingerprint density at radius 3 is 2.80 bits per heavy atom. The molecule has 1 aromatic heterocycles. The Bertz CT molecular complexity index is 501. The van der Waals surface area contributed by atoms with Crippen molar-refractivity contribution >= 4 is 23.1 Å². The summed E-state index contributed by atoms with van der Waals surface area (Å²) >= 11 is 5.94. The summed E-state index contributed by atoms with van der Waals surface area (Å²) < 4.78 is 0. The lowest BCUT2D eigenvalue weighted by molar-refractivity contribution is 0.193. The lowest BCUT2D eigenvalue weighted by Gasteiger charge is -2.41. The summed E-state index contributed by atoms with van der Waals surface area (Å²) in [5, 5.41) is 0.529. The van der Waals surface area contributed by atoms with Crippen molar-refractivity contribution in [3.8, 4) is 0 Å². The second-order valence-corrected chi connectivity index (χ2v) is 7.06. The van der Waals surface area contributed by atoms with E-state index in [9.17, 15) is 0 Å². The summed E-state index contributed by atoms with van der Waals surface area (Å²) in [6, 6.07) is 2.34. The van der Waals surface area contributed by atoms with Gasteiger partial charge in [-0.15, -0.1) is 0 Å². The van der Waals surface area contributed by atoms with Gasteiger partial charge in [0.2, 0.25) is 0 Å². The Balaban J connectivity index is 1.66. The largest absolute Gasteiger partial charge is 0.397 e. The highest BCUT2D eigenvalue weighted by Gasteiger charge is 2.40. The Hall–Kier alpha value is -1.00. The molecule has 0 amide bonds. The zero-order valence-electron chi connectivity index (χ0n) is 12.3. The van der Waals surface area contributed by atoms with Crippen LogP contribution in [0.5, 0.6) is 0 Å². The molecule has 1 saturated carbocycles. The van der Waals surface area contributed by atoms with E-state index in [1.807, 2.05) is 6.07 Å². The van der Waals surface area contributed by atoms with E-state index in [-0.39, 0.29) is 0 Å². The maximum atomic E-state index is 5.94. The molecule has 2 heterocycles. The zero-order chi connectivity index (χ0) is 14.3. The predicted octanol–water partition coefficient (Wildman–Crippen LogP) is 2.63. The minimum Gasteiger partial charge on any atom is -0.397 e. The molecule has 2 fully saturated rings. The normalized spacial score (nSPS) is 25.8. The molecule has 0 aromatic carbocycles. The zero-order valence-corrected chi connectivity index (χ0v) is 13.0. The van der Waals surface area contributed by atoms with Crippen molar-refractivity contribution in [2.75, 3.05) is 36.8 Å². The molecule has 0 bridgehead atoms. The number of anilines is 2. The molecule has 110 valence electrons. The van der Waals surface area contributed by atoms with Crippen molar-refractivity contribution in [1.29, 1.82) is 0 Å². The first kappa shape index (κ1) is 14.0. The molecule has 2 aliphatic rings. The standard InChI is InChI=1S/C15H23ClN4/c1-11-9-19(10-15(2)3-4-15)5-6-20(11)14-7-13(17)12(16)8-18-14/h7-8,11H,3-6,9-10H2,1-2H3,(H2,17,18)/t11-/m0/s1. The van der Waals surface area contributed by atoms with Gasteiger partial charge in [0.15, 0.2) is 0 Å². The van der Waals surface area contributed by atoms with Gasteiger partial charge in [0.1, 0.15) is 5.82 Å². The van der Waals surface area contributed by atoms with Gasteiger partial charge in [-0.1, -0.05) is 18.5 Å². The van der Waals surface area contributed by atoms with E-state index >= 15 is 0 Å². The molecule has 20 heavy (non-hydrogen) atoms. The lowest BCUT2D eigenvalue weighted by atomic mass is 10.1. The Morgan fingerprint density at radius 2 is 2.20 bits per heavy atom. The first-order chi connectivity index (χ1) is 9.47. The van der Waals surface area contributed by atoms with E-state index in [2.05, 4.69) is 28.6 Å². The minimum atomic E-state index is 0.458. The van der Waals surface area contributed by atoms with Gasteiger partial charge in [-0.05, 0) is 25.2 Å². The number of nitrogen functional groups attached to an aromatic ring is 1. The smallest absolute Gasteiger partial charge is 0.130 e. The fourth-order valence-electron chi connectivity index (χ4n) is 3.03. The molecule has 4 nitrogen and oxygen atoms in total. The van der Waals surface area contributed by atoms with Crippen LogP contribution in [0.25, 0.3) is 0 Å². The molecule has 0 radical (unpaired) electrons. The van der Waals surface area contributed by atoms with Gasteiger partial charge in [-0.25, -0.2) is 4.98 Å². The molecule has 0 unspecified atom stereocenters. The first-order valence-electron chi connectivity index (χ1n) is 7.37. The Labute approximate surface area is 125 Å². The van der Waals surface area contributed by atoms with E-state index < -0.39 is 0 Å². The molecule has 1 aliphatic heterocycles. The number of nitrogens with zero attached hydrogens (tertiary/aromatic N) is 3. The third kappa shape index (κ3) is 2.86. The average molecular weight is 295 g/mol. The van der Waals surface area contributed by atoms with Crippen LogP contribution in [0, 0.1) is 5.41 Å². The van der Waals surface area contributed by atoms with Gasteiger partial charge in [0, 0.05) is 44.5 Å². The van der Waals surface area contributed by atoms with Crippen LogP contribution in [-0.2, 0) is 0 Å². The van der Waals surface area contributed by atoms with Crippen molar-refractivity contribution in [3.63, 3.8) is 0 Å². The molecule has 1 saturated heterocycles. The highest BCUT2D eigenvalue weighted by molar-refractivity contribution is 6.32. The summed E-state index contributed by atoms with van der Waals surface area (Å²) in [6.07, 6.45) is 4.42. The maximum absolute atomic E-state index is 5.94. The van der Waals surface area contributed by atoms with Crippen LogP contribution in [0.4, 0.5) is 11.5 Å². The van der Waals surface area contributed by atoms with E-state index in [0.717, 1.165) is 25.5 Å². The Kier molecular flexibility index (Phi) is 3.55. The number of piperazine rings is 1. The van der Waals surface area contributed by atoms with Crippen LogP contribution >= 0.6 is 11.6 Å². The maximum Gasteiger partial charge on any atom is 0.130 e. The number of nitrogens with two attached hydrogens (primary N) is 1. The highest BCUT2D eigenvalue weighted by atomic mass is 35.5. The van der Waals surface area contributed by atoms with Gasteiger partial charge in [-0.2, -0.15) is 0 Å². The lowest BCUT2D eigenvalue weighted by Crippen LogP contribution is -2.53. The number of hydrogen-bond acceptors (Lipinski definition) is 4. The fourth-order valence-corrected chi connectivity index (χ4v) is 3.13. The van der Waals surface area contributed by atoms with E-state index in [0.29, 0.717) is 22.2 Å². The SMILES string of the molecule is C[C@H]1CN(CC2(C)CC2)CCN1c1cc(N)c(Cl)cn1. The van der Waals surface area contributed by atoms with Gasteiger partial charge in [0.05, 0.1) is 10.7 Å². The summed E-state index contributed by atoms with van der Waals surface area (Å²) in [4.78, 5) is 9.34. The number of halogens is 1. The van der Waals surface area contributed by atoms with Crippen LogP contribution < -0.4 is 10.6 Å². The van der Waals surface area contributed by atoms with Crippen molar-refractivity contribution in [2.24, 2.45) is 5.41 Å². The van der Waals surface area contributed by atoms with Crippen molar-refractivity contribution < 1.29 is 0 Å². The third-order valence-electron chi connectivity index (χ3n) is 4.59. The molecule has 0 spiro atoms. The van der Waals surface area contributed by atoms with Crippen LogP contribution in [0.1, 0.15) is 26.7 Å². The van der Waals surface area contributed by atoms with Crippen molar-refractivity contribution in [1.82, 2.24) is 9.88 Å². The monoisotopic (exact) mass is 294 g/mol. The van der Waals surface area contributed by atoms with E-state index in [1.54, 1.807) is 6.20 Å². The number of hydrogen-bond donors (Lipinski definition) is 1. The van der Waals surface area contributed by atoms with Crippen LogP contribution in [0.2, 0.25) is 5.02 Å². The molecular formula is C15H23ClN4. The second kappa shape index (κ2) is 5.08. The molecule has 1 atom stereocenters. The molecule has 5 heteroatoms. The Morgan fingerprint density at radius 1 is 1.45 bits per heavy atom. The topological polar surface area (TPSA) is 45.4 Å². The van der Waals surface area contributed by atoms with Gasteiger partial charge >= 0.3 is 0 Å². The van der Waals surface area contributed by atoms with Gasteiger partial charge < -0.3 is 10.6 Å². The predicted molar refractivity (Wildman–Crippen MR) is 84.2 cm³/mol. The summed E-state index contributed by atoms with van der Waals surface area (Å²) in [5.41, 5.74) is 7.08. The molecular weight excluding hydrogens is 272 g/mol. The fraction of sp³-hybridized carbons (Fsp3) is 0.667. The number of rotatable bonds is 3. The van der Waals surface area contributed by atoms with Gasteiger partial charge in [0.25, 0.3) is 0 Å². The number of aromatic nitrogens is 1. The van der Waals surface area contributed by atoms with Crippen LogP contribution in [-0.4, -0.2) is 42.1 Å². The summed E-state index contributed by atoms with van der Waals surface area (Å²) in [6.45, 7) is 9.09. The molecule has 1 aromatic rings. The summed E-state index contributed by atoms with van der Waals surface area (Å²) in [7, 11) is 0. The van der Waals surface area contributed by atoms with E-state index in [4.69, 9.17) is 17.3 Å². The van der Waals surface area contributed by atoms with Crippen molar-refractivity contribution in [2.45, 2.75) is 32.7 Å².